The third-order valence-electron chi connectivity index (χ3n) is 5.44. The van der Waals surface area contributed by atoms with Gasteiger partial charge in [-0.15, -0.1) is 0 Å². The third-order valence-corrected chi connectivity index (χ3v) is 5.44. The number of likely N-dealkylation sites (N-methyl/N-ethyl adjacent to an activating group) is 1. The molecule has 0 saturated carbocycles. The van der Waals surface area contributed by atoms with E-state index in [1.165, 1.54) is 17.0 Å². The minimum Gasteiger partial charge on any atom is -0.445 e. The van der Waals surface area contributed by atoms with Crippen molar-refractivity contribution in [3.8, 4) is 0 Å². The Hall–Kier alpha value is -2.68. The van der Waals surface area contributed by atoms with Crippen LogP contribution in [0.25, 0.3) is 0 Å². The molecule has 2 fully saturated rings. The number of hydrogen-bond acceptors (Lipinski definition) is 6. The zero-order valence-electron chi connectivity index (χ0n) is 16.2. The molecule has 0 bridgehead atoms. The van der Waals surface area contributed by atoms with Crippen molar-refractivity contribution in [2.45, 2.75) is 38.0 Å². The number of rotatable bonds is 5. The molecule has 1 aromatic rings. The topological polar surface area (TPSA) is 96.2 Å². The van der Waals surface area contributed by atoms with Crippen molar-refractivity contribution >= 4 is 17.7 Å². The van der Waals surface area contributed by atoms with Crippen molar-refractivity contribution < 1.29 is 19.2 Å². The fraction of sp³-hybridized carbons (Fsp3) is 0.579. The molecule has 2 saturated heterocycles. The van der Waals surface area contributed by atoms with Gasteiger partial charge in [0.2, 0.25) is 5.91 Å². The molecular formula is C19H26N4O5. The van der Waals surface area contributed by atoms with Crippen LogP contribution >= 0.6 is 0 Å². The molecule has 152 valence electrons. The second-order valence-electron chi connectivity index (χ2n) is 7.47. The van der Waals surface area contributed by atoms with Crippen LogP contribution in [0.3, 0.4) is 0 Å². The van der Waals surface area contributed by atoms with Gasteiger partial charge in [0.25, 0.3) is 5.69 Å². The van der Waals surface area contributed by atoms with E-state index < -0.39 is 17.1 Å². The number of carbonyl (C=O) groups is 2. The number of nitro benzene ring substituents is 1. The fourth-order valence-electron chi connectivity index (χ4n) is 3.89. The molecule has 0 N–H and O–H groups in total. The van der Waals surface area contributed by atoms with Crippen molar-refractivity contribution in [3.05, 3.63) is 39.9 Å². The smallest absolute Gasteiger partial charge is 0.410 e. The molecule has 9 heteroatoms. The fourth-order valence-corrected chi connectivity index (χ4v) is 3.89. The SMILES string of the molecule is CN(C)[C@H]1CCN(C(=O)OCc2ccc([N+](=O)[O-])cc2)C1C(=O)N1CCCC1. The molecule has 0 spiro atoms. The normalized spacial score (nSPS) is 22.0. The Bertz CT molecular complexity index is 730. The Morgan fingerprint density at radius 2 is 1.82 bits per heavy atom. The molecule has 0 aliphatic carbocycles. The van der Waals surface area contributed by atoms with Crippen molar-refractivity contribution in [3.63, 3.8) is 0 Å². The maximum atomic E-state index is 13.0. The lowest BCUT2D eigenvalue weighted by atomic mass is 10.1. The van der Waals surface area contributed by atoms with E-state index in [9.17, 15) is 19.7 Å². The molecule has 1 aromatic carbocycles. The summed E-state index contributed by atoms with van der Waals surface area (Å²) in [6.07, 6.45) is 2.18. The van der Waals surface area contributed by atoms with Crippen molar-refractivity contribution in [2.75, 3.05) is 33.7 Å². The van der Waals surface area contributed by atoms with Crippen molar-refractivity contribution in [2.24, 2.45) is 0 Å². The maximum Gasteiger partial charge on any atom is 0.410 e. The first-order chi connectivity index (χ1) is 13.4. The highest BCUT2D eigenvalue weighted by atomic mass is 16.6. The molecule has 3 rings (SSSR count). The van der Waals surface area contributed by atoms with Crippen LogP contribution in [0.5, 0.6) is 0 Å². The van der Waals surface area contributed by atoms with Crippen LogP contribution in [0.4, 0.5) is 10.5 Å². The zero-order valence-corrected chi connectivity index (χ0v) is 16.2. The second kappa shape index (κ2) is 8.55. The van der Waals surface area contributed by atoms with Crippen LogP contribution < -0.4 is 0 Å². The van der Waals surface area contributed by atoms with Crippen LogP contribution in [0.15, 0.2) is 24.3 Å². The zero-order chi connectivity index (χ0) is 20.3. The molecule has 2 atom stereocenters. The molecule has 2 aliphatic rings. The van der Waals surface area contributed by atoms with Gasteiger partial charge in [-0.1, -0.05) is 0 Å². The lowest BCUT2D eigenvalue weighted by Crippen LogP contribution is -2.54. The Kier molecular flexibility index (Phi) is 6.13. The van der Waals surface area contributed by atoms with Gasteiger partial charge in [0.1, 0.15) is 12.6 Å². The standard InChI is InChI=1S/C19H26N4O5/c1-20(2)16-9-12-22(17(16)18(24)21-10-3-4-11-21)19(25)28-13-14-5-7-15(8-6-14)23(26)27/h5-8,16-17H,3-4,9-13H2,1-2H3/t16-,17?/m0/s1. The van der Waals surface area contributed by atoms with Gasteiger partial charge in [-0.3, -0.25) is 19.8 Å². The van der Waals surface area contributed by atoms with E-state index in [0.29, 0.717) is 18.5 Å². The van der Waals surface area contributed by atoms with Gasteiger partial charge in [0, 0.05) is 37.8 Å². The van der Waals surface area contributed by atoms with Gasteiger partial charge >= 0.3 is 6.09 Å². The average Bonchev–Trinajstić information content (AvgIpc) is 3.35. The third kappa shape index (κ3) is 4.24. The van der Waals surface area contributed by atoms with Crippen LogP contribution in [0.2, 0.25) is 0 Å². The molecule has 0 radical (unpaired) electrons. The monoisotopic (exact) mass is 390 g/mol. The van der Waals surface area contributed by atoms with E-state index in [1.54, 1.807) is 12.1 Å². The molecule has 2 amide bonds. The molecule has 0 aromatic heterocycles. The highest BCUT2D eigenvalue weighted by molar-refractivity contribution is 5.87. The lowest BCUT2D eigenvalue weighted by molar-refractivity contribution is -0.384. The second-order valence-corrected chi connectivity index (χ2v) is 7.47. The van der Waals surface area contributed by atoms with Crippen LogP contribution in [-0.2, 0) is 16.1 Å². The Morgan fingerprint density at radius 1 is 1.18 bits per heavy atom. The number of nitro groups is 1. The quantitative estimate of drug-likeness (QED) is 0.562. The molecular weight excluding hydrogens is 364 g/mol. The average molecular weight is 390 g/mol. The van der Waals surface area contributed by atoms with Crippen LogP contribution in [0.1, 0.15) is 24.8 Å². The van der Waals surface area contributed by atoms with Gasteiger partial charge in [0.15, 0.2) is 0 Å². The summed E-state index contributed by atoms with van der Waals surface area (Å²) in [7, 11) is 3.83. The summed E-state index contributed by atoms with van der Waals surface area (Å²) < 4.78 is 5.41. The maximum absolute atomic E-state index is 13.0. The lowest BCUT2D eigenvalue weighted by Gasteiger charge is -2.32. The van der Waals surface area contributed by atoms with Gasteiger partial charge in [0.05, 0.1) is 4.92 Å². The van der Waals surface area contributed by atoms with Gasteiger partial charge in [-0.25, -0.2) is 4.79 Å². The number of likely N-dealkylation sites (tertiary alicyclic amines) is 2. The summed E-state index contributed by atoms with van der Waals surface area (Å²) >= 11 is 0. The van der Waals surface area contributed by atoms with E-state index in [-0.39, 0.29) is 24.2 Å². The Labute approximate surface area is 164 Å². The summed E-state index contributed by atoms with van der Waals surface area (Å²) in [5, 5.41) is 10.7. The minimum absolute atomic E-state index is 0.00455. The number of hydrogen-bond donors (Lipinski definition) is 0. The van der Waals surface area contributed by atoms with E-state index in [1.807, 2.05) is 23.9 Å². The predicted octanol–water partition coefficient (Wildman–Crippen LogP) is 1.86. The molecule has 28 heavy (non-hydrogen) atoms. The van der Waals surface area contributed by atoms with Crippen molar-refractivity contribution in [1.29, 1.82) is 0 Å². The van der Waals surface area contributed by atoms with Gasteiger partial charge in [-0.05, 0) is 51.1 Å². The molecule has 9 nitrogen and oxygen atoms in total. The highest BCUT2D eigenvalue weighted by Crippen LogP contribution is 2.26. The van der Waals surface area contributed by atoms with E-state index >= 15 is 0 Å². The van der Waals surface area contributed by atoms with Gasteiger partial charge in [-0.2, -0.15) is 0 Å². The first-order valence-electron chi connectivity index (χ1n) is 9.50. The van der Waals surface area contributed by atoms with Crippen LogP contribution in [0, 0.1) is 10.1 Å². The highest BCUT2D eigenvalue weighted by Gasteiger charge is 2.45. The number of nitrogens with zero attached hydrogens (tertiary/aromatic N) is 4. The number of ether oxygens (including phenoxy) is 1. The first kappa shape index (κ1) is 20.1. The van der Waals surface area contributed by atoms with E-state index in [4.69, 9.17) is 4.74 Å². The Morgan fingerprint density at radius 3 is 2.39 bits per heavy atom. The van der Waals surface area contributed by atoms with E-state index in [2.05, 4.69) is 0 Å². The number of carbonyl (C=O) groups excluding carboxylic acids is 2. The summed E-state index contributed by atoms with van der Waals surface area (Å²) in [6, 6.07) is 5.29. The number of benzene rings is 1. The Balaban J connectivity index is 1.66. The summed E-state index contributed by atoms with van der Waals surface area (Å²) in [4.78, 5) is 41.3. The summed E-state index contributed by atoms with van der Waals surface area (Å²) in [6.45, 7) is 1.94. The number of amides is 2. The van der Waals surface area contributed by atoms with Crippen LogP contribution in [-0.4, -0.2) is 77.4 Å². The van der Waals surface area contributed by atoms with E-state index in [0.717, 1.165) is 25.9 Å². The van der Waals surface area contributed by atoms with Gasteiger partial charge < -0.3 is 14.5 Å². The predicted molar refractivity (Wildman–Crippen MR) is 102 cm³/mol. The first-order valence-corrected chi connectivity index (χ1v) is 9.50. The number of non-ortho nitro benzene ring substituents is 1. The summed E-state index contributed by atoms with van der Waals surface area (Å²) in [5.74, 6) is -0.0130. The largest absolute Gasteiger partial charge is 0.445 e. The minimum atomic E-state index is -0.544. The van der Waals surface area contributed by atoms with Crippen molar-refractivity contribution in [1.82, 2.24) is 14.7 Å². The molecule has 2 heterocycles. The summed E-state index contributed by atoms with van der Waals surface area (Å²) in [5.41, 5.74) is 0.643. The molecule has 1 unspecified atom stereocenters. The molecule has 2 aliphatic heterocycles.